The maximum absolute atomic E-state index is 12.2. The molecule has 0 N–H and O–H groups in total. The van der Waals surface area contributed by atoms with Crippen molar-refractivity contribution < 1.29 is 22.7 Å². The van der Waals surface area contributed by atoms with Crippen molar-refractivity contribution in [1.82, 2.24) is 14.7 Å². The summed E-state index contributed by atoms with van der Waals surface area (Å²) in [6.07, 6.45) is -1.48. The van der Waals surface area contributed by atoms with E-state index in [1.54, 1.807) is 22.0 Å². The SMILES string of the molecule is O=C(c1ccc(OC(F)(F)F)cc1)N1CC(Cn2cc(Cl)cn2)C1. The van der Waals surface area contributed by atoms with Crippen LogP contribution >= 0.6 is 11.6 Å². The smallest absolute Gasteiger partial charge is 0.406 e. The van der Waals surface area contributed by atoms with Gasteiger partial charge in [0, 0.05) is 37.3 Å². The van der Waals surface area contributed by atoms with Gasteiger partial charge in [-0.05, 0) is 24.3 Å². The average Bonchev–Trinajstić information content (AvgIpc) is 2.86. The number of benzene rings is 1. The fourth-order valence-corrected chi connectivity index (χ4v) is 2.69. The zero-order chi connectivity index (χ0) is 17.3. The van der Waals surface area contributed by atoms with Gasteiger partial charge in [-0.15, -0.1) is 13.2 Å². The van der Waals surface area contributed by atoms with Crippen LogP contribution in [0.3, 0.4) is 0 Å². The van der Waals surface area contributed by atoms with Crippen LogP contribution in [0.25, 0.3) is 0 Å². The summed E-state index contributed by atoms with van der Waals surface area (Å²) in [6.45, 7) is 1.79. The Kier molecular flexibility index (Phi) is 4.40. The molecule has 1 saturated heterocycles. The molecule has 24 heavy (non-hydrogen) atoms. The summed E-state index contributed by atoms with van der Waals surface area (Å²) >= 11 is 5.79. The number of nitrogens with zero attached hydrogens (tertiary/aromatic N) is 3. The van der Waals surface area contributed by atoms with Gasteiger partial charge < -0.3 is 9.64 Å². The lowest BCUT2D eigenvalue weighted by Crippen LogP contribution is -2.51. The van der Waals surface area contributed by atoms with E-state index in [0.717, 1.165) is 12.1 Å². The summed E-state index contributed by atoms with van der Waals surface area (Å²) in [5, 5.41) is 4.64. The third-order valence-corrected chi connectivity index (χ3v) is 3.82. The molecule has 128 valence electrons. The maximum Gasteiger partial charge on any atom is 0.573 e. The molecule has 0 unspecified atom stereocenters. The van der Waals surface area contributed by atoms with Crippen molar-refractivity contribution in [2.45, 2.75) is 12.9 Å². The van der Waals surface area contributed by atoms with Crippen molar-refractivity contribution in [1.29, 1.82) is 0 Å². The highest BCUT2D eigenvalue weighted by molar-refractivity contribution is 6.30. The minimum Gasteiger partial charge on any atom is -0.406 e. The van der Waals surface area contributed by atoms with Gasteiger partial charge in [0.15, 0.2) is 0 Å². The zero-order valence-electron chi connectivity index (χ0n) is 12.3. The fourth-order valence-electron chi connectivity index (χ4n) is 2.54. The number of aromatic nitrogens is 2. The summed E-state index contributed by atoms with van der Waals surface area (Å²) in [5.74, 6) is -0.294. The van der Waals surface area contributed by atoms with Gasteiger partial charge in [-0.25, -0.2) is 0 Å². The standard InChI is InChI=1S/C15H13ClF3N3O2/c16-12-5-20-22(9-12)8-10-6-21(7-10)14(23)11-1-3-13(4-2-11)24-15(17,18)19/h1-5,9-10H,6-8H2. The minimum absolute atomic E-state index is 0.219. The Bertz CT molecular complexity index is 724. The lowest BCUT2D eigenvalue weighted by atomic mass is 9.99. The first-order valence-electron chi connectivity index (χ1n) is 7.13. The van der Waals surface area contributed by atoms with Gasteiger partial charge in [-0.3, -0.25) is 9.48 Å². The van der Waals surface area contributed by atoms with Crippen LogP contribution in [-0.2, 0) is 6.54 Å². The van der Waals surface area contributed by atoms with Crippen LogP contribution in [0, 0.1) is 5.92 Å². The van der Waals surface area contributed by atoms with Crippen LogP contribution in [0.2, 0.25) is 5.02 Å². The quantitative estimate of drug-likeness (QED) is 0.842. The first kappa shape index (κ1) is 16.6. The van der Waals surface area contributed by atoms with Gasteiger partial charge in [0.05, 0.1) is 11.2 Å². The number of likely N-dealkylation sites (tertiary alicyclic amines) is 1. The van der Waals surface area contributed by atoms with Gasteiger partial charge in [0.2, 0.25) is 0 Å². The number of ether oxygens (including phenoxy) is 1. The van der Waals surface area contributed by atoms with E-state index in [-0.39, 0.29) is 17.6 Å². The van der Waals surface area contributed by atoms with E-state index in [1.807, 2.05) is 0 Å². The molecule has 1 aromatic heterocycles. The molecule has 0 atom stereocenters. The number of rotatable bonds is 4. The number of amides is 1. The van der Waals surface area contributed by atoms with Crippen molar-refractivity contribution >= 4 is 17.5 Å². The van der Waals surface area contributed by atoms with E-state index >= 15 is 0 Å². The molecule has 0 aliphatic carbocycles. The van der Waals surface area contributed by atoms with Crippen LogP contribution in [0.1, 0.15) is 10.4 Å². The Hall–Kier alpha value is -2.22. The Morgan fingerprint density at radius 3 is 2.50 bits per heavy atom. The predicted octanol–water partition coefficient (Wildman–Crippen LogP) is 3.21. The van der Waals surface area contributed by atoms with E-state index in [4.69, 9.17) is 11.6 Å². The van der Waals surface area contributed by atoms with Crippen molar-refractivity contribution in [2.24, 2.45) is 5.92 Å². The van der Waals surface area contributed by atoms with Crippen molar-refractivity contribution in [3.8, 4) is 5.75 Å². The molecule has 0 saturated carbocycles. The van der Waals surface area contributed by atoms with E-state index in [9.17, 15) is 18.0 Å². The molecule has 1 aliphatic heterocycles. The van der Waals surface area contributed by atoms with Gasteiger partial charge in [0.1, 0.15) is 5.75 Å². The molecule has 9 heteroatoms. The summed E-state index contributed by atoms with van der Waals surface area (Å²) in [5.41, 5.74) is 0.324. The Morgan fingerprint density at radius 1 is 1.29 bits per heavy atom. The molecule has 1 fully saturated rings. The molecular weight excluding hydrogens is 347 g/mol. The lowest BCUT2D eigenvalue weighted by Gasteiger charge is -2.39. The van der Waals surface area contributed by atoms with Gasteiger partial charge in [-0.1, -0.05) is 11.6 Å². The third-order valence-electron chi connectivity index (χ3n) is 3.63. The molecule has 1 amide bonds. The largest absolute Gasteiger partial charge is 0.573 e. The van der Waals surface area contributed by atoms with Crippen LogP contribution < -0.4 is 4.74 Å². The van der Waals surface area contributed by atoms with Crippen molar-refractivity contribution in [3.63, 3.8) is 0 Å². The molecule has 0 radical (unpaired) electrons. The highest BCUT2D eigenvalue weighted by Crippen LogP contribution is 2.25. The molecule has 1 aromatic carbocycles. The summed E-state index contributed by atoms with van der Waals surface area (Å²) < 4.78 is 41.8. The number of hydrogen-bond donors (Lipinski definition) is 0. The molecule has 5 nitrogen and oxygen atoms in total. The summed E-state index contributed by atoms with van der Waals surface area (Å²) in [7, 11) is 0. The topological polar surface area (TPSA) is 47.4 Å². The molecule has 0 bridgehead atoms. The predicted molar refractivity (Wildman–Crippen MR) is 79.8 cm³/mol. The van der Waals surface area contributed by atoms with Crippen molar-refractivity contribution in [2.75, 3.05) is 13.1 Å². The van der Waals surface area contributed by atoms with Crippen LogP contribution in [0.15, 0.2) is 36.7 Å². The summed E-state index contributed by atoms with van der Waals surface area (Å²) in [6, 6.07) is 4.90. The molecular formula is C15H13ClF3N3O2. The molecule has 2 heterocycles. The number of halogens is 4. The normalized spacial score (nSPS) is 15.2. The number of alkyl halides is 3. The van der Waals surface area contributed by atoms with E-state index in [0.29, 0.717) is 30.2 Å². The fraction of sp³-hybridized carbons (Fsp3) is 0.333. The van der Waals surface area contributed by atoms with Gasteiger partial charge in [0.25, 0.3) is 5.91 Å². The number of carbonyl (C=O) groups excluding carboxylic acids is 1. The average molecular weight is 360 g/mol. The second-order valence-electron chi connectivity index (χ2n) is 5.53. The minimum atomic E-state index is -4.74. The van der Waals surface area contributed by atoms with Crippen molar-refractivity contribution in [3.05, 3.63) is 47.2 Å². The zero-order valence-corrected chi connectivity index (χ0v) is 13.1. The Labute approximate surface area is 140 Å². The number of hydrogen-bond acceptors (Lipinski definition) is 3. The van der Waals surface area contributed by atoms with E-state index < -0.39 is 6.36 Å². The Balaban J connectivity index is 1.52. The Morgan fingerprint density at radius 2 is 1.96 bits per heavy atom. The first-order valence-corrected chi connectivity index (χ1v) is 7.51. The maximum atomic E-state index is 12.2. The van der Waals surface area contributed by atoms with Crippen LogP contribution in [0.4, 0.5) is 13.2 Å². The monoisotopic (exact) mass is 359 g/mol. The van der Waals surface area contributed by atoms with E-state index in [1.165, 1.54) is 12.1 Å². The highest BCUT2D eigenvalue weighted by atomic mass is 35.5. The molecule has 0 spiro atoms. The van der Waals surface area contributed by atoms with Gasteiger partial charge >= 0.3 is 6.36 Å². The third kappa shape index (κ3) is 4.00. The first-order chi connectivity index (χ1) is 11.3. The number of carbonyl (C=O) groups is 1. The molecule has 1 aliphatic rings. The molecule has 2 aromatic rings. The lowest BCUT2D eigenvalue weighted by molar-refractivity contribution is -0.274. The second kappa shape index (κ2) is 6.35. The highest BCUT2D eigenvalue weighted by Gasteiger charge is 2.33. The van der Waals surface area contributed by atoms with E-state index in [2.05, 4.69) is 9.84 Å². The second-order valence-corrected chi connectivity index (χ2v) is 5.97. The summed E-state index contributed by atoms with van der Waals surface area (Å²) in [4.78, 5) is 13.9. The molecule has 3 rings (SSSR count). The van der Waals surface area contributed by atoms with Crippen LogP contribution in [-0.4, -0.2) is 40.0 Å². The van der Waals surface area contributed by atoms with Gasteiger partial charge in [-0.2, -0.15) is 5.10 Å². The van der Waals surface area contributed by atoms with Crippen LogP contribution in [0.5, 0.6) is 5.75 Å².